The van der Waals surface area contributed by atoms with Gasteiger partial charge in [-0.15, -0.1) is 0 Å². The lowest BCUT2D eigenvalue weighted by atomic mass is 10.2. The average molecular weight is 394 g/mol. The van der Waals surface area contributed by atoms with E-state index < -0.39 is 16.0 Å². The smallest absolute Gasteiger partial charge is 0.343 e. The number of ether oxygens (including phenoxy) is 1. The molecule has 0 bridgehead atoms. The van der Waals surface area contributed by atoms with Crippen molar-refractivity contribution in [2.24, 2.45) is 0 Å². The first-order valence-electron chi connectivity index (χ1n) is 8.55. The molecule has 0 aliphatic carbocycles. The van der Waals surface area contributed by atoms with Gasteiger partial charge in [-0.25, -0.2) is 13.2 Å². The van der Waals surface area contributed by atoms with Gasteiger partial charge >= 0.3 is 5.97 Å². The lowest BCUT2D eigenvalue weighted by Gasteiger charge is -2.20. The monoisotopic (exact) mass is 393 g/mol. The molecule has 0 saturated carbocycles. The number of hydrogen-bond acceptors (Lipinski definition) is 4. The highest BCUT2D eigenvalue weighted by Crippen LogP contribution is 2.22. The van der Waals surface area contributed by atoms with Gasteiger partial charge in [0.25, 0.3) is 0 Å². The van der Waals surface area contributed by atoms with Gasteiger partial charge in [0.05, 0.1) is 10.5 Å². The number of benzene rings is 2. The van der Waals surface area contributed by atoms with Gasteiger partial charge < -0.3 is 4.74 Å². The highest BCUT2D eigenvalue weighted by Gasteiger charge is 2.26. The molecule has 0 aromatic heterocycles. The molecule has 1 aliphatic rings. The SMILES string of the molecule is O=C(Oc1ccc(Cl)cc1)c1cccc(S(=O)(=O)N2CCCCCC2)c1. The van der Waals surface area contributed by atoms with E-state index in [-0.39, 0.29) is 10.5 Å². The molecule has 0 N–H and O–H groups in total. The third-order valence-corrected chi connectivity index (χ3v) is 6.44. The number of rotatable bonds is 4. The minimum Gasteiger partial charge on any atom is -0.423 e. The summed E-state index contributed by atoms with van der Waals surface area (Å²) in [6.07, 6.45) is 3.80. The lowest BCUT2D eigenvalue weighted by molar-refractivity contribution is 0.0734. The van der Waals surface area contributed by atoms with E-state index in [9.17, 15) is 13.2 Å². The molecule has 0 amide bonds. The largest absolute Gasteiger partial charge is 0.423 e. The van der Waals surface area contributed by atoms with Crippen LogP contribution in [0.1, 0.15) is 36.0 Å². The van der Waals surface area contributed by atoms with Crippen LogP contribution in [0.3, 0.4) is 0 Å². The number of hydrogen-bond donors (Lipinski definition) is 0. The molecular formula is C19H20ClNO4S. The summed E-state index contributed by atoms with van der Waals surface area (Å²) >= 11 is 5.81. The van der Waals surface area contributed by atoms with Crippen molar-refractivity contribution < 1.29 is 17.9 Å². The zero-order chi connectivity index (χ0) is 18.6. The van der Waals surface area contributed by atoms with E-state index in [1.165, 1.54) is 16.4 Å². The number of carbonyl (C=O) groups is 1. The van der Waals surface area contributed by atoms with Gasteiger partial charge in [0.15, 0.2) is 0 Å². The highest BCUT2D eigenvalue weighted by atomic mass is 35.5. The first-order valence-corrected chi connectivity index (χ1v) is 10.4. The maximum atomic E-state index is 12.9. The second kappa shape index (κ2) is 8.20. The molecule has 2 aromatic rings. The summed E-state index contributed by atoms with van der Waals surface area (Å²) < 4.78 is 32.5. The number of sulfonamides is 1. The highest BCUT2D eigenvalue weighted by molar-refractivity contribution is 7.89. The van der Waals surface area contributed by atoms with E-state index in [0.717, 1.165) is 25.7 Å². The Morgan fingerprint density at radius 3 is 2.27 bits per heavy atom. The maximum absolute atomic E-state index is 12.9. The Labute approximate surface area is 158 Å². The molecule has 138 valence electrons. The Balaban J connectivity index is 1.80. The minimum atomic E-state index is -3.61. The normalized spacial score (nSPS) is 16.0. The van der Waals surface area contributed by atoms with Crippen molar-refractivity contribution in [2.75, 3.05) is 13.1 Å². The molecule has 1 saturated heterocycles. The summed E-state index contributed by atoms with van der Waals surface area (Å²) in [6, 6.07) is 12.4. The third-order valence-electron chi connectivity index (χ3n) is 4.30. The van der Waals surface area contributed by atoms with Crippen molar-refractivity contribution >= 4 is 27.6 Å². The molecule has 0 spiro atoms. The van der Waals surface area contributed by atoms with Crippen molar-refractivity contribution in [3.05, 3.63) is 59.1 Å². The van der Waals surface area contributed by atoms with E-state index in [1.807, 2.05) is 0 Å². The number of nitrogens with zero attached hydrogens (tertiary/aromatic N) is 1. The third kappa shape index (κ3) is 4.44. The Kier molecular flexibility index (Phi) is 5.96. The number of esters is 1. The molecule has 0 unspecified atom stereocenters. The van der Waals surface area contributed by atoms with Crippen molar-refractivity contribution in [1.29, 1.82) is 0 Å². The van der Waals surface area contributed by atoms with Crippen molar-refractivity contribution in [3.63, 3.8) is 0 Å². The summed E-state index contributed by atoms with van der Waals surface area (Å²) in [6.45, 7) is 1.03. The maximum Gasteiger partial charge on any atom is 0.343 e. The first-order chi connectivity index (χ1) is 12.5. The molecule has 7 heteroatoms. The molecule has 1 fully saturated rings. The molecule has 1 aliphatic heterocycles. The molecule has 2 aromatic carbocycles. The van der Waals surface area contributed by atoms with Crippen LogP contribution in [0.4, 0.5) is 0 Å². The summed E-state index contributed by atoms with van der Waals surface area (Å²) in [7, 11) is -3.61. The van der Waals surface area contributed by atoms with Gasteiger partial charge in [0.2, 0.25) is 10.0 Å². The summed E-state index contributed by atoms with van der Waals surface area (Å²) in [5, 5.41) is 0.537. The van der Waals surface area contributed by atoms with E-state index in [1.54, 1.807) is 36.4 Å². The van der Waals surface area contributed by atoms with Gasteiger partial charge in [0.1, 0.15) is 5.75 Å². The van der Waals surface area contributed by atoms with Gasteiger partial charge in [-0.2, -0.15) is 4.31 Å². The van der Waals surface area contributed by atoms with Crippen molar-refractivity contribution in [3.8, 4) is 5.75 Å². The molecule has 0 radical (unpaired) electrons. The zero-order valence-corrected chi connectivity index (χ0v) is 15.8. The van der Waals surface area contributed by atoms with Crippen LogP contribution in [0.5, 0.6) is 5.75 Å². The number of carbonyl (C=O) groups excluding carboxylic acids is 1. The van der Waals surface area contributed by atoms with Gasteiger partial charge in [0, 0.05) is 18.1 Å². The molecule has 3 rings (SSSR count). The standard InChI is InChI=1S/C19H20ClNO4S/c20-16-8-10-17(11-9-16)25-19(22)15-6-5-7-18(14-15)26(23,24)21-12-3-1-2-4-13-21/h5-11,14H,1-4,12-13H2. The fourth-order valence-electron chi connectivity index (χ4n) is 2.88. The second-order valence-corrected chi connectivity index (χ2v) is 8.56. The van der Waals surface area contributed by atoms with Crippen LogP contribution in [-0.4, -0.2) is 31.8 Å². The average Bonchev–Trinajstić information content (AvgIpc) is 2.94. The fraction of sp³-hybridized carbons (Fsp3) is 0.316. The van der Waals surface area contributed by atoms with Crippen LogP contribution >= 0.6 is 11.6 Å². The quantitative estimate of drug-likeness (QED) is 0.578. The summed E-state index contributed by atoms with van der Waals surface area (Å²) in [5.41, 5.74) is 0.191. The van der Waals surface area contributed by atoms with Gasteiger partial charge in [-0.3, -0.25) is 0 Å². The van der Waals surface area contributed by atoms with E-state index >= 15 is 0 Å². The Morgan fingerprint density at radius 1 is 0.962 bits per heavy atom. The van der Waals surface area contributed by atoms with E-state index in [4.69, 9.17) is 16.3 Å². The lowest BCUT2D eigenvalue weighted by Crippen LogP contribution is -2.32. The Hall–Kier alpha value is -1.89. The topological polar surface area (TPSA) is 63.7 Å². The van der Waals surface area contributed by atoms with Crippen LogP contribution in [0.2, 0.25) is 5.02 Å². The molecule has 1 heterocycles. The van der Waals surface area contributed by atoms with Crippen LogP contribution < -0.4 is 4.74 Å². The fourth-order valence-corrected chi connectivity index (χ4v) is 4.57. The van der Waals surface area contributed by atoms with E-state index in [2.05, 4.69) is 0 Å². The Bertz CT molecular complexity index is 873. The van der Waals surface area contributed by atoms with Crippen LogP contribution in [0.15, 0.2) is 53.4 Å². The van der Waals surface area contributed by atoms with Crippen LogP contribution in [-0.2, 0) is 10.0 Å². The molecule has 0 atom stereocenters. The van der Waals surface area contributed by atoms with Crippen molar-refractivity contribution in [1.82, 2.24) is 4.31 Å². The van der Waals surface area contributed by atoms with E-state index in [0.29, 0.717) is 23.9 Å². The first kappa shape index (κ1) is 18.9. The van der Waals surface area contributed by atoms with Crippen LogP contribution in [0, 0.1) is 0 Å². The summed E-state index contributed by atoms with van der Waals surface area (Å²) in [5.74, 6) is -0.264. The molecule has 5 nitrogen and oxygen atoms in total. The number of halogens is 1. The molecular weight excluding hydrogens is 374 g/mol. The van der Waals surface area contributed by atoms with Crippen LogP contribution in [0.25, 0.3) is 0 Å². The zero-order valence-electron chi connectivity index (χ0n) is 14.2. The predicted molar refractivity (Wildman–Crippen MR) is 100 cm³/mol. The minimum absolute atomic E-state index is 0.116. The predicted octanol–water partition coefficient (Wildman–Crippen LogP) is 4.12. The Morgan fingerprint density at radius 2 is 1.62 bits per heavy atom. The van der Waals surface area contributed by atoms with Gasteiger partial charge in [-0.05, 0) is 55.3 Å². The summed E-state index contributed by atoms with van der Waals surface area (Å²) in [4.78, 5) is 12.5. The second-order valence-electron chi connectivity index (χ2n) is 6.19. The van der Waals surface area contributed by atoms with Crippen molar-refractivity contribution in [2.45, 2.75) is 30.6 Å². The van der Waals surface area contributed by atoms with Gasteiger partial charge in [-0.1, -0.05) is 30.5 Å². The molecule has 26 heavy (non-hydrogen) atoms.